The van der Waals surface area contributed by atoms with Gasteiger partial charge in [0.2, 0.25) is 10.0 Å². The molecule has 2 aromatic rings. The van der Waals surface area contributed by atoms with Gasteiger partial charge in [-0.15, -0.1) is 0 Å². The minimum Gasteiger partial charge on any atom is -0.322 e. The topological polar surface area (TPSA) is 89.3 Å². The Bertz CT molecular complexity index is 804. The van der Waals surface area contributed by atoms with Crippen LogP contribution in [0.15, 0.2) is 51.8 Å². The number of amides is 1. The molecule has 0 radical (unpaired) electrons. The van der Waals surface area contributed by atoms with Crippen molar-refractivity contribution in [1.29, 1.82) is 0 Å². The summed E-state index contributed by atoms with van der Waals surface area (Å²) in [5.74, 6) is -0.328. The Labute approximate surface area is 131 Å². The third kappa shape index (κ3) is 3.90. The average Bonchev–Trinajstić information content (AvgIpc) is 2.40. The van der Waals surface area contributed by atoms with E-state index in [1.165, 1.54) is 12.1 Å². The summed E-state index contributed by atoms with van der Waals surface area (Å²) in [6.45, 7) is 1.77. The SMILES string of the molecule is Cc1ccc(S(N)(=O)=O)cc1NC(=O)c1cccc(Br)c1. The van der Waals surface area contributed by atoms with Crippen molar-refractivity contribution < 1.29 is 13.2 Å². The van der Waals surface area contributed by atoms with Crippen LogP contribution in [0.2, 0.25) is 0 Å². The lowest BCUT2D eigenvalue weighted by molar-refractivity contribution is 0.102. The molecule has 0 aliphatic carbocycles. The first-order valence-corrected chi connectivity index (χ1v) is 8.31. The minimum absolute atomic E-state index is 0.0438. The second-order valence-corrected chi connectivity index (χ2v) is 6.96. The summed E-state index contributed by atoms with van der Waals surface area (Å²) in [6, 6.07) is 11.2. The van der Waals surface area contributed by atoms with Crippen molar-refractivity contribution in [3.05, 3.63) is 58.1 Å². The van der Waals surface area contributed by atoms with Gasteiger partial charge in [0.05, 0.1) is 4.90 Å². The highest BCUT2D eigenvalue weighted by molar-refractivity contribution is 9.10. The number of carbonyl (C=O) groups excluding carboxylic acids is 1. The molecule has 0 fully saturated rings. The number of carbonyl (C=O) groups is 1. The van der Waals surface area contributed by atoms with Crippen LogP contribution in [0.4, 0.5) is 5.69 Å². The molecule has 0 heterocycles. The molecular weight excluding hydrogens is 356 g/mol. The summed E-state index contributed by atoms with van der Waals surface area (Å²) >= 11 is 3.29. The smallest absolute Gasteiger partial charge is 0.255 e. The second kappa shape index (κ2) is 5.97. The van der Waals surface area contributed by atoms with Crippen LogP contribution in [0.1, 0.15) is 15.9 Å². The van der Waals surface area contributed by atoms with Crippen molar-refractivity contribution in [2.24, 2.45) is 5.14 Å². The molecule has 110 valence electrons. The van der Waals surface area contributed by atoms with E-state index in [9.17, 15) is 13.2 Å². The van der Waals surface area contributed by atoms with Crippen LogP contribution in [-0.2, 0) is 10.0 Å². The zero-order valence-corrected chi connectivity index (χ0v) is 13.5. The first kappa shape index (κ1) is 15.7. The lowest BCUT2D eigenvalue weighted by Crippen LogP contribution is -2.15. The van der Waals surface area contributed by atoms with Gasteiger partial charge in [0, 0.05) is 15.7 Å². The van der Waals surface area contributed by atoms with Crippen LogP contribution in [-0.4, -0.2) is 14.3 Å². The van der Waals surface area contributed by atoms with E-state index in [0.717, 1.165) is 10.0 Å². The molecule has 1 amide bonds. The highest BCUT2D eigenvalue weighted by Gasteiger charge is 2.12. The van der Waals surface area contributed by atoms with E-state index in [0.29, 0.717) is 11.3 Å². The molecule has 3 N–H and O–H groups in total. The Kier molecular flexibility index (Phi) is 4.46. The van der Waals surface area contributed by atoms with E-state index in [-0.39, 0.29) is 10.8 Å². The quantitative estimate of drug-likeness (QED) is 0.872. The number of hydrogen-bond donors (Lipinski definition) is 2. The fourth-order valence-electron chi connectivity index (χ4n) is 1.74. The largest absolute Gasteiger partial charge is 0.322 e. The molecule has 0 unspecified atom stereocenters. The summed E-state index contributed by atoms with van der Waals surface area (Å²) in [4.78, 5) is 12.1. The molecule has 21 heavy (non-hydrogen) atoms. The Balaban J connectivity index is 2.33. The van der Waals surface area contributed by atoms with E-state index in [4.69, 9.17) is 5.14 Å². The number of anilines is 1. The van der Waals surface area contributed by atoms with Gasteiger partial charge in [-0.25, -0.2) is 13.6 Å². The van der Waals surface area contributed by atoms with Gasteiger partial charge in [0.1, 0.15) is 0 Å². The summed E-state index contributed by atoms with van der Waals surface area (Å²) < 4.78 is 23.5. The summed E-state index contributed by atoms with van der Waals surface area (Å²) in [5.41, 5.74) is 1.61. The van der Waals surface area contributed by atoms with Crippen molar-refractivity contribution in [3.8, 4) is 0 Å². The van der Waals surface area contributed by atoms with E-state index in [1.54, 1.807) is 31.2 Å². The van der Waals surface area contributed by atoms with Crippen molar-refractivity contribution in [2.75, 3.05) is 5.32 Å². The number of rotatable bonds is 3. The first-order valence-electron chi connectivity index (χ1n) is 5.98. The number of halogens is 1. The molecular formula is C14H13BrN2O3S. The molecule has 0 aromatic heterocycles. The Morgan fingerprint density at radius 2 is 1.90 bits per heavy atom. The summed E-state index contributed by atoms with van der Waals surface area (Å²) in [6.07, 6.45) is 0. The van der Waals surface area contributed by atoms with Crippen molar-refractivity contribution in [2.45, 2.75) is 11.8 Å². The standard InChI is InChI=1S/C14H13BrN2O3S/c1-9-5-6-12(21(16,19)20)8-13(9)17-14(18)10-3-2-4-11(15)7-10/h2-8H,1H3,(H,17,18)(H2,16,19,20). The Morgan fingerprint density at radius 1 is 1.19 bits per heavy atom. The third-order valence-corrected chi connectivity index (χ3v) is 4.28. The zero-order chi connectivity index (χ0) is 15.6. The molecule has 0 saturated carbocycles. The lowest BCUT2D eigenvalue weighted by atomic mass is 10.1. The van der Waals surface area contributed by atoms with Gasteiger partial charge in [0.15, 0.2) is 0 Å². The number of benzene rings is 2. The molecule has 0 atom stereocenters. The highest BCUT2D eigenvalue weighted by atomic mass is 79.9. The second-order valence-electron chi connectivity index (χ2n) is 4.49. The molecule has 0 saturated heterocycles. The van der Waals surface area contributed by atoms with Gasteiger partial charge in [-0.1, -0.05) is 28.1 Å². The molecule has 0 aliphatic heterocycles. The molecule has 0 aliphatic rings. The number of nitrogens with one attached hydrogen (secondary N) is 1. The van der Waals surface area contributed by atoms with Crippen molar-refractivity contribution >= 4 is 37.5 Å². The van der Waals surface area contributed by atoms with Crippen LogP contribution in [0, 0.1) is 6.92 Å². The normalized spacial score (nSPS) is 11.2. The van der Waals surface area contributed by atoms with Crippen LogP contribution in [0.3, 0.4) is 0 Å². The van der Waals surface area contributed by atoms with Gasteiger partial charge in [0.25, 0.3) is 5.91 Å². The van der Waals surface area contributed by atoms with Gasteiger partial charge >= 0.3 is 0 Å². The van der Waals surface area contributed by atoms with Gasteiger partial charge in [-0.2, -0.15) is 0 Å². The fourth-order valence-corrected chi connectivity index (χ4v) is 2.68. The number of hydrogen-bond acceptors (Lipinski definition) is 3. The third-order valence-electron chi connectivity index (χ3n) is 2.87. The van der Waals surface area contributed by atoms with E-state index in [2.05, 4.69) is 21.2 Å². The molecule has 0 spiro atoms. The maximum Gasteiger partial charge on any atom is 0.255 e. The molecule has 5 nitrogen and oxygen atoms in total. The summed E-state index contributed by atoms with van der Waals surface area (Å²) in [5, 5.41) is 7.78. The van der Waals surface area contributed by atoms with Gasteiger partial charge in [-0.05, 0) is 42.8 Å². The predicted molar refractivity (Wildman–Crippen MR) is 84.6 cm³/mol. The maximum atomic E-state index is 12.2. The fraction of sp³-hybridized carbons (Fsp3) is 0.0714. The van der Waals surface area contributed by atoms with Crippen LogP contribution >= 0.6 is 15.9 Å². The number of aryl methyl sites for hydroxylation is 1. The maximum absolute atomic E-state index is 12.2. The Hall–Kier alpha value is -1.70. The summed E-state index contributed by atoms with van der Waals surface area (Å²) in [7, 11) is -3.81. The van der Waals surface area contributed by atoms with Crippen LogP contribution in [0.25, 0.3) is 0 Å². The number of primary sulfonamides is 1. The highest BCUT2D eigenvalue weighted by Crippen LogP contribution is 2.21. The monoisotopic (exact) mass is 368 g/mol. The molecule has 7 heteroatoms. The van der Waals surface area contributed by atoms with Gasteiger partial charge in [-0.3, -0.25) is 4.79 Å². The number of sulfonamides is 1. The van der Waals surface area contributed by atoms with Gasteiger partial charge < -0.3 is 5.32 Å². The van der Waals surface area contributed by atoms with Crippen LogP contribution in [0.5, 0.6) is 0 Å². The average molecular weight is 369 g/mol. The van der Waals surface area contributed by atoms with E-state index < -0.39 is 10.0 Å². The van der Waals surface area contributed by atoms with E-state index in [1.807, 2.05) is 6.07 Å². The van der Waals surface area contributed by atoms with Crippen LogP contribution < -0.4 is 10.5 Å². The molecule has 0 bridgehead atoms. The molecule has 2 rings (SSSR count). The lowest BCUT2D eigenvalue weighted by Gasteiger charge is -2.10. The predicted octanol–water partition coefficient (Wildman–Crippen LogP) is 2.66. The van der Waals surface area contributed by atoms with Crippen molar-refractivity contribution in [1.82, 2.24) is 0 Å². The first-order chi connectivity index (χ1) is 9.77. The number of nitrogens with two attached hydrogens (primary N) is 1. The van der Waals surface area contributed by atoms with E-state index >= 15 is 0 Å². The molecule has 2 aromatic carbocycles. The Morgan fingerprint density at radius 3 is 2.52 bits per heavy atom. The minimum atomic E-state index is -3.81. The van der Waals surface area contributed by atoms with Crippen molar-refractivity contribution in [3.63, 3.8) is 0 Å². The zero-order valence-electron chi connectivity index (χ0n) is 11.1.